The third kappa shape index (κ3) is 3.01. The van der Waals surface area contributed by atoms with Crippen molar-refractivity contribution in [3.8, 4) is 5.75 Å². The van der Waals surface area contributed by atoms with Gasteiger partial charge < -0.3 is 20.3 Å². The number of carbonyl (C=O) groups excluding carboxylic acids is 2. The van der Waals surface area contributed by atoms with Crippen molar-refractivity contribution in [1.82, 2.24) is 10.2 Å². The first kappa shape index (κ1) is 17.4. The second-order valence-electron chi connectivity index (χ2n) is 7.26. The van der Waals surface area contributed by atoms with Gasteiger partial charge in [-0.05, 0) is 42.7 Å². The molecule has 6 heteroatoms. The van der Waals surface area contributed by atoms with Crippen LogP contribution >= 0.6 is 0 Å². The molecule has 1 atom stereocenters. The molecule has 0 saturated carbocycles. The average Bonchev–Trinajstić information content (AvgIpc) is 3.24. The first-order valence-electron chi connectivity index (χ1n) is 9.10. The van der Waals surface area contributed by atoms with Crippen molar-refractivity contribution in [3.63, 3.8) is 0 Å². The van der Waals surface area contributed by atoms with Gasteiger partial charge in [-0.15, -0.1) is 0 Å². The van der Waals surface area contributed by atoms with Crippen LogP contribution in [0.3, 0.4) is 0 Å². The standard InChI is InChI=1S/C21H23N3O3/c1-14-3-5-15(6-4-14)12-22-20(26)24-10-9-21(13-24)17-11-16(27-2)7-8-18(17)23-19(21)25/h3-8,11H,9-10,12-13H2,1-2H3,(H,22,26)(H,23,25)/t21-/m0/s1. The second kappa shape index (κ2) is 6.61. The lowest BCUT2D eigenvalue weighted by molar-refractivity contribution is -0.120. The van der Waals surface area contributed by atoms with Crippen molar-refractivity contribution in [2.24, 2.45) is 0 Å². The maximum absolute atomic E-state index is 12.7. The zero-order valence-electron chi connectivity index (χ0n) is 15.5. The minimum Gasteiger partial charge on any atom is -0.497 e. The topological polar surface area (TPSA) is 70.7 Å². The van der Waals surface area contributed by atoms with E-state index in [1.165, 1.54) is 5.56 Å². The Bertz CT molecular complexity index is 894. The minimum absolute atomic E-state index is 0.0420. The Hall–Kier alpha value is -3.02. The molecule has 140 valence electrons. The van der Waals surface area contributed by atoms with Gasteiger partial charge in [0.2, 0.25) is 5.91 Å². The lowest BCUT2D eigenvalue weighted by atomic mass is 9.81. The molecule has 1 fully saturated rings. The van der Waals surface area contributed by atoms with E-state index in [9.17, 15) is 9.59 Å². The van der Waals surface area contributed by atoms with Gasteiger partial charge in [-0.1, -0.05) is 29.8 Å². The predicted octanol–water partition coefficient (Wildman–Crippen LogP) is 2.81. The van der Waals surface area contributed by atoms with Crippen LogP contribution in [-0.2, 0) is 16.8 Å². The first-order chi connectivity index (χ1) is 13.0. The molecular weight excluding hydrogens is 342 g/mol. The summed E-state index contributed by atoms with van der Waals surface area (Å²) in [6.45, 7) is 3.42. The number of aryl methyl sites for hydroxylation is 1. The Labute approximate surface area is 158 Å². The van der Waals surface area contributed by atoms with Crippen LogP contribution in [0.4, 0.5) is 10.5 Å². The molecule has 2 N–H and O–H groups in total. The van der Waals surface area contributed by atoms with Crippen LogP contribution in [0.2, 0.25) is 0 Å². The number of nitrogens with zero attached hydrogens (tertiary/aromatic N) is 1. The molecule has 2 aromatic carbocycles. The SMILES string of the molecule is COc1ccc2c(c1)[C@@]1(CCN(C(=O)NCc3ccc(C)cc3)C1)C(=O)N2. The smallest absolute Gasteiger partial charge is 0.317 e. The van der Waals surface area contributed by atoms with E-state index >= 15 is 0 Å². The number of likely N-dealkylation sites (tertiary alicyclic amines) is 1. The summed E-state index contributed by atoms with van der Waals surface area (Å²) in [5, 5.41) is 5.91. The van der Waals surface area contributed by atoms with E-state index in [-0.39, 0.29) is 11.9 Å². The van der Waals surface area contributed by atoms with Gasteiger partial charge in [-0.25, -0.2) is 4.79 Å². The zero-order chi connectivity index (χ0) is 19.0. The van der Waals surface area contributed by atoms with Crippen LogP contribution in [0, 0.1) is 6.92 Å². The summed E-state index contributed by atoms with van der Waals surface area (Å²) in [5.41, 5.74) is 3.28. The number of anilines is 1. The molecule has 1 saturated heterocycles. The van der Waals surface area contributed by atoms with Crippen molar-refractivity contribution in [1.29, 1.82) is 0 Å². The van der Waals surface area contributed by atoms with E-state index < -0.39 is 5.41 Å². The number of hydrogen-bond donors (Lipinski definition) is 2. The molecule has 2 aliphatic heterocycles. The molecule has 3 amide bonds. The van der Waals surface area contributed by atoms with E-state index in [2.05, 4.69) is 10.6 Å². The van der Waals surface area contributed by atoms with Crippen LogP contribution in [-0.4, -0.2) is 37.0 Å². The summed E-state index contributed by atoms with van der Waals surface area (Å²) in [6, 6.07) is 13.5. The van der Waals surface area contributed by atoms with E-state index in [0.29, 0.717) is 31.8 Å². The molecule has 2 heterocycles. The van der Waals surface area contributed by atoms with E-state index in [4.69, 9.17) is 4.74 Å². The van der Waals surface area contributed by atoms with Gasteiger partial charge in [-0.3, -0.25) is 4.79 Å². The number of hydrogen-bond acceptors (Lipinski definition) is 3. The molecule has 2 aromatic rings. The van der Waals surface area contributed by atoms with Crippen LogP contribution < -0.4 is 15.4 Å². The summed E-state index contributed by atoms with van der Waals surface area (Å²) in [6.07, 6.45) is 0.608. The molecule has 4 rings (SSSR count). The highest BCUT2D eigenvalue weighted by atomic mass is 16.5. The van der Waals surface area contributed by atoms with Crippen molar-refractivity contribution >= 4 is 17.6 Å². The highest BCUT2D eigenvalue weighted by Gasteiger charge is 2.52. The quantitative estimate of drug-likeness (QED) is 0.879. The maximum Gasteiger partial charge on any atom is 0.317 e. The molecule has 27 heavy (non-hydrogen) atoms. The number of ether oxygens (including phenoxy) is 1. The highest BCUT2D eigenvalue weighted by molar-refractivity contribution is 6.07. The van der Waals surface area contributed by atoms with Gasteiger partial charge in [0.05, 0.1) is 12.5 Å². The molecule has 1 spiro atoms. The van der Waals surface area contributed by atoms with Crippen LogP contribution in [0.1, 0.15) is 23.1 Å². The first-order valence-corrected chi connectivity index (χ1v) is 9.10. The summed E-state index contributed by atoms with van der Waals surface area (Å²) >= 11 is 0. The number of methoxy groups -OCH3 is 1. The van der Waals surface area contributed by atoms with Crippen LogP contribution in [0.15, 0.2) is 42.5 Å². The summed E-state index contributed by atoms with van der Waals surface area (Å²) in [7, 11) is 1.61. The zero-order valence-corrected chi connectivity index (χ0v) is 15.5. The summed E-state index contributed by atoms with van der Waals surface area (Å²) in [5.74, 6) is 0.673. The number of carbonyl (C=O) groups is 2. The molecule has 0 aliphatic carbocycles. The number of amides is 3. The third-order valence-electron chi connectivity index (χ3n) is 5.55. The van der Waals surface area contributed by atoms with E-state index in [1.54, 1.807) is 12.0 Å². The fourth-order valence-corrected chi connectivity index (χ4v) is 3.90. The van der Waals surface area contributed by atoms with Crippen LogP contribution in [0.25, 0.3) is 0 Å². The number of rotatable bonds is 3. The fourth-order valence-electron chi connectivity index (χ4n) is 3.90. The number of nitrogens with one attached hydrogen (secondary N) is 2. The maximum atomic E-state index is 12.7. The van der Waals surface area contributed by atoms with E-state index in [0.717, 1.165) is 16.8 Å². The lowest BCUT2D eigenvalue weighted by Crippen LogP contribution is -2.42. The van der Waals surface area contributed by atoms with Gasteiger partial charge in [0.1, 0.15) is 5.75 Å². The molecule has 0 aromatic heterocycles. The lowest BCUT2D eigenvalue weighted by Gasteiger charge is -2.23. The highest BCUT2D eigenvalue weighted by Crippen LogP contribution is 2.45. The molecule has 2 aliphatic rings. The fraction of sp³-hybridized carbons (Fsp3) is 0.333. The predicted molar refractivity (Wildman–Crippen MR) is 103 cm³/mol. The van der Waals surface area contributed by atoms with Gasteiger partial charge in [0.25, 0.3) is 0 Å². The number of fused-ring (bicyclic) bond motifs is 2. The Morgan fingerprint density at radius 3 is 2.78 bits per heavy atom. The number of urea groups is 1. The third-order valence-corrected chi connectivity index (χ3v) is 5.55. The van der Waals surface area contributed by atoms with Gasteiger partial charge in [0.15, 0.2) is 0 Å². The van der Waals surface area contributed by atoms with Crippen molar-refractivity contribution in [2.45, 2.75) is 25.3 Å². The second-order valence-corrected chi connectivity index (χ2v) is 7.26. The molecule has 6 nitrogen and oxygen atoms in total. The molecule has 0 radical (unpaired) electrons. The Morgan fingerprint density at radius 2 is 2.04 bits per heavy atom. The Kier molecular flexibility index (Phi) is 4.26. The normalized spacial score (nSPS) is 20.5. The van der Waals surface area contributed by atoms with Gasteiger partial charge in [0, 0.05) is 25.3 Å². The molecule has 0 unspecified atom stereocenters. The minimum atomic E-state index is -0.689. The Morgan fingerprint density at radius 1 is 1.26 bits per heavy atom. The van der Waals surface area contributed by atoms with Gasteiger partial charge >= 0.3 is 6.03 Å². The largest absolute Gasteiger partial charge is 0.497 e. The van der Waals surface area contributed by atoms with Crippen molar-refractivity contribution in [3.05, 3.63) is 59.2 Å². The van der Waals surface area contributed by atoms with Crippen LogP contribution in [0.5, 0.6) is 5.75 Å². The van der Waals surface area contributed by atoms with Crippen molar-refractivity contribution < 1.29 is 14.3 Å². The Balaban J connectivity index is 1.47. The van der Waals surface area contributed by atoms with E-state index in [1.807, 2.05) is 49.4 Å². The number of benzene rings is 2. The van der Waals surface area contributed by atoms with Crippen molar-refractivity contribution in [2.75, 3.05) is 25.5 Å². The molecular formula is C21H23N3O3. The summed E-state index contributed by atoms with van der Waals surface area (Å²) in [4.78, 5) is 27.1. The summed E-state index contributed by atoms with van der Waals surface area (Å²) < 4.78 is 5.32. The monoisotopic (exact) mass is 365 g/mol. The molecule has 0 bridgehead atoms. The van der Waals surface area contributed by atoms with Gasteiger partial charge in [-0.2, -0.15) is 0 Å². The average molecular weight is 365 g/mol.